The number of nitrogens with zero attached hydrogens (tertiary/aromatic N) is 1. The van der Waals surface area contributed by atoms with Gasteiger partial charge in [-0.3, -0.25) is 9.78 Å². The van der Waals surface area contributed by atoms with Crippen molar-refractivity contribution in [3.8, 4) is 0 Å². The molecule has 90 valence electrons. The van der Waals surface area contributed by atoms with E-state index < -0.39 is 0 Å². The first-order chi connectivity index (χ1) is 8.63. The first kappa shape index (κ1) is 11.1. The Balaban J connectivity index is 2.07. The third kappa shape index (κ3) is 1.82. The number of hydrogen-bond acceptors (Lipinski definition) is 3. The minimum Gasteiger partial charge on any atom is -0.317 e. The van der Waals surface area contributed by atoms with Crippen LogP contribution in [0.15, 0.2) is 34.1 Å². The Morgan fingerprint density at radius 1 is 1.22 bits per heavy atom. The second kappa shape index (κ2) is 4.03. The first-order valence-electron chi connectivity index (χ1n) is 5.63. The molecule has 4 nitrogen and oxygen atoms in total. The molecular weight excluding hydrogens is 246 g/mol. The predicted octanol–water partition coefficient (Wildman–Crippen LogP) is 2.42. The molecule has 0 radical (unpaired) electrons. The van der Waals surface area contributed by atoms with Crippen LogP contribution in [0.4, 0.5) is 5.82 Å². The molecule has 18 heavy (non-hydrogen) atoms. The third-order valence-corrected chi connectivity index (χ3v) is 3.20. The minimum atomic E-state index is -0.153. The summed E-state index contributed by atoms with van der Waals surface area (Å²) in [5.74, 6) is 0.583. The fourth-order valence-corrected chi connectivity index (χ4v) is 2.20. The monoisotopic (exact) mass is 257 g/mol. The normalized spacial score (nSPS) is 13.3. The number of aromatic nitrogens is 2. The SMILES string of the molecule is Cc1ccc(C2=Nc3[nH]c(=S)[nH]c(=O)c3C2)cc1. The summed E-state index contributed by atoms with van der Waals surface area (Å²) in [7, 11) is 0. The zero-order valence-corrected chi connectivity index (χ0v) is 10.6. The fraction of sp³-hybridized carbons (Fsp3) is 0.154. The Hall–Kier alpha value is -2.01. The van der Waals surface area contributed by atoms with Gasteiger partial charge in [-0.2, -0.15) is 0 Å². The molecule has 0 amide bonds. The molecule has 0 unspecified atom stereocenters. The lowest BCUT2D eigenvalue weighted by Gasteiger charge is -1.99. The van der Waals surface area contributed by atoms with Crippen LogP contribution < -0.4 is 5.56 Å². The largest absolute Gasteiger partial charge is 0.317 e. The van der Waals surface area contributed by atoms with Crippen molar-refractivity contribution in [3.63, 3.8) is 0 Å². The summed E-state index contributed by atoms with van der Waals surface area (Å²) >= 11 is 4.93. The van der Waals surface area contributed by atoms with Crippen LogP contribution in [0.3, 0.4) is 0 Å². The molecule has 3 rings (SSSR count). The zero-order chi connectivity index (χ0) is 12.7. The highest BCUT2D eigenvalue weighted by atomic mass is 32.1. The van der Waals surface area contributed by atoms with Gasteiger partial charge in [0.05, 0.1) is 11.3 Å². The van der Waals surface area contributed by atoms with Crippen LogP contribution in [0.25, 0.3) is 0 Å². The molecule has 2 aromatic rings. The summed E-state index contributed by atoms with van der Waals surface area (Å²) in [4.78, 5) is 21.7. The van der Waals surface area contributed by atoms with Crippen molar-refractivity contribution in [2.45, 2.75) is 13.3 Å². The number of rotatable bonds is 1. The van der Waals surface area contributed by atoms with Gasteiger partial charge in [-0.15, -0.1) is 0 Å². The molecule has 0 saturated carbocycles. The molecule has 1 aliphatic rings. The van der Waals surface area contributed by atoms with E-state index >= 15 is 0 Å². The molecular formula is C13H11N3OS. The van der Waals surface area contributed by atoms with Crippen molar-refractivity contribution < 1.29 is 0 Å². The van der Waals surface area contributed by atoms with E-state index in [0.29, 0.717) is 22.6 Å². The average Bonchev–Trinajstić information content (AvgIpc) is 2.74. The lowest BCUT2D eigenvalue weighted by Crippen LogP contribution is -2.14. The van der Waals surface area contributed by atoms with Gasteiger partial charge in [0.15, 0.2) is 4.77 Å². The summed E-state index contributed by atoms with van der Waals surface area (Å²) < 4.78 is 0.313. The number of aliphatic imine (C=N–C) groups is 1. The molecule has 1 aromatic carbocycles. The summed E-state index contributed by atoms with van der Waals surface area (Å²) in [6.45, 7) is 2.04. The molecule has 0 saturated heterocycles. The number of benzene rings is 1. The van der Waals surface area contributed by atoms with E-state index in [1.165, 1.54) is 5.56 Å². The van der Waals surface area contributed by atoms with E-state index in [2.05, 4.69) is 15.0 Å². The molecule has 1 aliphatic heterocycles. The highest BCUT2D eigenvalue weighted by molar-refractivity contribution is 7.71. The number of nitrogens with one attached hydrogen (secondary N) is 2. The van der Waals surface area contributed by atoms with Crippen LogP contribution in [0.5, 0.6) is 0 Å². The minimum absolute atomic E-state index is 0.153. The second-order valence-electron chi connectivity index (χ2n) is 4.34. The van der Waals surface area contributed by atoms with E-state index in [-0.39, 0.29) is 5.56 Å². The lowest BCUT2D eigenvalue weighted by molar-refractivity contribution is 1.05. The summed E-state index contributed by atoms with van der Waals surface area (Å²) in [5.41, 5.74) is 3.63. The van der Waals surface area contributed by atoms with E-state index in [4.69, 9.17) is 12.2 Å². The Morgan fingerprint density at radius 2 is 1.94 bits per heavy atom. The quantitative estimate of drug-likeness (QED) is 0.771. The maximum absolute atomic E-state index is 11.7. The molecule has 0 aliphatic carbocycles. The van der Waals surface area contributed by atoms with Crippen LogP contribution in [-0.2, 0) is 6.42 Å². The van der Waals surface area contributed by atoms with Gasteiger partial charge in [0, 0.05) is 6.42 Å². The predicted molar refractivity (Wildman–Crippen MR) is 73.3 cm³/mol. The van der Waals surface area contributed by atoms with E-state index in [9.17, 15) is 4.79 Å². The maximum Gasteiger partial charge on any atom is 0.257 e. The van der Waals surface area contributed by atoms with Crippen LogP contribution >= 0.6 is 12.2 Å². The van der Waals surface area contributed by atoms with Crippen molar-refractivity contribution in [1.82, 2.24) is 9.97 Å². The number of fused-ring (bicyclic) bond motifs is 1. The standard InChI is InChI=1S/C13H11N3OS/c1-7-2-4-8(5-3-7)10-6-9-11(14-10)15-13(18)16-12(9)17/h2-5H,6H2,1H3,(H2,15,16,17,18). The van der Waals surface area contributed by atoms with Crippen LogP contribution in [0.2, 0.25) is 0 Å². The highest BCUT2D eigenvalue weighted by Crippen LogP contribution is 2.23. The van der Waals surface area contributed by atoms with Crippen molar-refractivity contribution in [3.05, 3.63) is 56.1 Å². The van der Waals surface area contributed by atoms with Gasteiger partial charge >= 0.3 is 0 Å². The number of H-pyrrole nitrogens is 2. The molecule has 0 fully saturated rings. The van der Waals surface area contributed by atoms with E-state index in [1.807, 2.05) is 31.2 Å². The van der Waals surface area contributed by atoms with Crippen LogP contribution in [0.1, 0.15) is 16.7 Å². The van der Waals surface area contributed by atoms with Gasteiger partial charge in [0.25, 0.3) is 5.56 Å². The smallest absolute Gasteiger partial charge is 0.257 e. The Kier molecular flexibility index (Phi) is 2.48. The number of hydrogen-bond donors (Lipinski definition) is 2. The summed E-state index contributed by atoms with van der Waals surface area (Å²) in [5, 5.41) is 0. The molecule has 2 heterocycles. The van der Waals surface area contributed by atoms with Gasteiger partial charge in [0.2, 0.25) is 0 Å². The molecule has 5 heteroatoms. The van der Waals surface area contributed by atoms with E-state index in [1.54, 1.807) is 0 Å². The van der Waals surface area contributed by atoms with Gasteiger partial charge in [0.1, 0.15) is 5.82 Å². The molecule has 0 atom stereocenters. The molecule has 1 aromatic heterocycles. The maximum atomic E-state index is 11.7. The zero-order valence-electron chi connectivity index (χ0n) is 9.78. The van der Waals surface area contributed by atoms with Crippen molar-refractivity contribution >= 4 is 23.7 Å². The van der Waals surface area contributed by atoms with Crippen molar-refractivity contribution in [1.29, 1.82) is 0 Å². The lowest BCUT2D eigenvalue weighted by atomic mass is 10.0. The van der Waals surface area contributed by atoms with Gasteiger partial charge in [-0.1, -0.05) is 29.8 Å². The van der Waals surface area contributed by atoms with Crippen molar-refractivity contribution in [2.24, 2.45) is 4.99 Å². The fourth-order valence-electron chi connectivity index (χ4n) is 2.01. The van der Waals surface area contributed by atoms with Gasteiger partial charge < -0.3 is 4.98 Å². The topological polar surface area (TPSA) is 61.0 Å². The van der Waals surface area contributed by atoms with Gasteiger partial charge in [-0.05, 0) is 24.7 Å². The molecule has 0 spiro atoms. The highest BCUT2D eigenvalue weighted by Gasteiger charge is 2.19. The van der Waals surface area contributed by atoms with Crippen LogP contribution in [0, 0.1) is 11.7 Å². The number of aromatic amines is 2. The van der Waals surface area contributed by atoms with Crippen LogP contribution in [-0.4, -0.2) is 15.7 Å². The Bertz CT molecular complexity index is 753. The third-order valence-electron chi connectivity index (χ3n) is 2.99. The Morgan fingerprint density at radius 3 is 2.67 bits per heavy atom. The molecule has 2 N–H and O–H groups in total. The van der Waals surface area contributed by atoms with E-state index in [0.717, 1.165) is 11.3 Å². The molecule has 0 bridgehead atoms. The second-order valence-corrected chi connectivity index (χ2v) is 4.74. The number of aryl methyl sites for hydroxylation is 1. The Labute approximate surface area is 108 Å². The first-order valence-corrected chi connectivity index (χ1v) is 6.04. The average molecular weight is 257 g/mol. The summed E-state index contributed by atoms with van der Waals surface area (Å²) in [6.07, 6.45) is 0.542. The summed E-state index contributed by atoms with van der Waals surface area (Å²) in [6, 6.07) is 8.10. The van der Waals surface area contributed by atoms with Crippen molar-refractivity contribution in [2.75, 3.05) is 0 Å². The van der Waals surface area contributed by atoms with Gasteiger partial charge in [-0.25, -0.2) is 4.99 Å².